The molecule has 0 radical (unpaired) electrons. The number of halogens is 2. The predicted molar refractivity (Wildman–Crippen MR) is 97.9 cm³/mol. The van der Waals surface area contributed by atoms with Crippen LogP contribution in [0.2, 0.25) is 5.02 Å². The van der Waals surface area contributed by atoms with Crippen molar-refractivity contribution in [3.05, 3.63) is 72.5 Å². The Balaban J connectivity index is 1.87. The summed E-state index contributed by atoms with van der Waals surface area (Å²) in [6.45, 7) is 0. The molecule has 0 aliphatic carbocycles. The normalized spacial score (nSPS) is 12.3. The van der Waals surface area contributed by atoms with Gasteiger partial charge in [0.2, 0.25) is 0 Å². The molecule has 1 nitrogen and oxygen atoms in total. The number of nitrogens with one attached hydrogen (secondary N) is 1. The van der Waals surface area contributed by atoms with Gasteiger partial charge in [0, 0.05) is 16.2 Å². The van der Waals surface area contributed by atoms with Crippen molar-refractivity contribution in [3.63, 3.8) is 0 Å². The highest BCUT2D eigenvalue weighted by Crippen LogP contribution is 2.34. The third-order valence-electron chi connectivity index (χ3n) is 3.15. The molecule has 5 heteroatoms. The fourth-order valence-corrected chi connectivity index (χ4v) is 4.23. The highest BCUT2D eigenvalue weighted by atomic mass is 79.9. The highest BCUT2D eigenvalue weighted by Gasteiger charge is 2.16. The van der Waals surface area contributed by atoms with E-state index in [1.807, 2.05) is 18.2 Å². The fourth-order valence-electron chi connectivity index (χ4n) is 2.15. The summed E-state index contributed by atoms with van der Waals surface area (Å²) in [5, 5.41) is 8.58. The molecule has 21 heavy (non-hydrogen) atoms. The lowest BCUT2D eigenvalue weighted by Gasteiger charge is -2.19. The van der Waals surface area contributed by atoms with Crippen LogP contribution in [0, 0.1) is 0 Å². The molecule has 1 atom stereocenters. The van der Waals surface area contributed by atoms with Crippen molar-refractivity contribution in [1.29, 1.82) is 0 Å². The van der Waals surface area contributed by atoms with Gasteiger partial charge >= 0.3 is 0 Å². The molecule has 1 unspecified atom stereocenters. The van der Waals surface area contributed by atoms with Crippen LogP contribution < -0.4 is 5.32 Å². The molecule has 0 saturated carbocycles. The van der Waals surface area contributed by atoms with Crippen molar-refractivity contribution in [1.82, 2.24) is 0 Å². The number of hydrogen-bond donors (Lipinski definition) is 1. The lowest BCUT2D eigenvalue weighted by molar-refractivity contribution is 0.801. The summed E-state index contributed by atoms with van der Waals surface area (Å²) in [5.41, 5.74) is 1.03. The van der Waals surface area contributed by atoms with E-state index < -0.39 is 0 Å². The van der Waals surface area contributed by atoms with Crippen molar-refractivity contribution in [2.75, 3.05) is 5.32 Å². The maximum absolute atomic E-state index is 6.18. The lowest BCUT2D eigenvalue weighted by atomic mass is 10.1. The van der Waals surface area contributed by atoms with Crippen LogP contribution in [-0.2, 0) is 6.42 Å². The predicted octanol–water partition coefficient (Wildman–Crippen LogP) is 6.62. The Morgan fingerprint density at radius 2 is 1.86 bits per heavy atom. The zero-order chi connectivity index (χ0) is 14.7. The standard InChI is InChI=1S/C16H13BrClNS2/c17-16-12(18)5-1-6-13(16)19-14(15-7-3-9-21-15)10-11-4-2-8-20-11/h1-9,14,19H,10H2. The van der Waals surface area contributed by atoms with Gasteiger partial charge < -0.3 is 5.32 Å². The smallest absolute Gasteiger partial charge is 0.0655 e. The van der Waals surface area contributed by atoms with E-state index in [9.17, 15) is 0 Å². The fraction of sp³-hybridized carbons (Fsp3) is 0.125. The first-order valence-corrected chi connectivity index (χ1v) is 9.43. The Kier molecular flexibility index (Phi) is 5.01. The van der Waals surface area contributed by atoms with E-state index in [0.717, 1.165) is 21.6 Å². The third-order valence-corrected chi connectivity index (χ3v) is 6.44. The van der Waals surface area contributed by atoms with Crippen LogP contribution in [0.3, 0.4) is 0 Å². The van der Waals surface area contributed by atoms with Gasteiger partial charge in [-0.3, -0.25) is 0 Å². The summed E-state index contributed by atoms with van der Waals surface area (Å²) in [6, 6.07) is 14.7. The molecule has 0 spiro atoms. The SMILES string of the molecule is Clc1cccc(NC(Cc2cccs2)c2cccs2)c1Br. The van der Waals surface area contributed by atoms with E-state index in [4.69, 9.17) is 11.6 Å². The molecule has 3 aromatic rings. The zero-order valence-electron chi connectivity index (χ0n) is 11.1. The van der Waals surface area contributed by atoms with Gasteiger partial charge in [-0.05, 0) is 51.0 Å². The second-order valence-electron chi connectivity index (χ2n) is 4.60. The van der Waals surface area contributed by atoms with Gasteiger partial charge in [-0.25, -0.2) is 0 Å². The first-order chi connectivity index (χ1) is 10.2. The summed E-state index contributed by atoms with van der Waals surface area (Å²) < 4.78 is 0.916. The first-order valence-electron chi connectivity index (χ1n) is 6.50. The van der Waals surface area contributed by atoms with Crippen LogP contribution in [0.15, 0.2) is 57.7 Å². The summed E-state index contributed by atoms with van der Waals surface area (Å²) in [7, 11) is 0. The van der Waals surface area contributed by atoms with E-state index in [0.29, 0.717) is 0 Å². The van der Waals surface area contributed by atoms with E-state index in [1.165, 1.54) is 9.75 Å². The molecule has 2 heterocycles. The van der Waals surface area contributed by atoms with Crippen LogP contribution in [0.1, 0.15) is 15.8 Å². The monoisotopic (exact) mass is 397 g/mol. The van der Waals surface area contributed by atoms with Crippen molar-refractivity contribution >= 4 is 55.9 Å². The summed E-state index contributed by atoms with van der Waals surface area (Å²) >= 11 is 13.3. The zero-order valence-corrected chi connectivity index (χ0v) is 15.0. The Hall–Kier alpha value is -0.810. The average molecular weight is 399 g/mol. The molecule has 0 aliphatic heterocycles. The van der Waals surface area contributed by atoms with Gasteiger partial charge in [0.05, 0.1) is 21.2 Å². The van der Waals surface area contributed by atoms with E-state index in [1.54, 1.807) is 22.7 Å². The molecular formula is C16H13BrClNS2. The van der Waals surface area contributed by atoms with Gasteiger partial charge in [0.25, 0.3) is 0 Å². The largest absolute Gasteiger partial charge is 0.376 e. The number of hydrogen-bond acceptors (Lipinski definition) is 3. The maximum Gasteiger partial charge on any atom is 0.0655 e. The van der Waals surface area contributed by atoms with E-state index in [2.05, 4.69) is 56.3 Å². The van der Waals surface area contributed by atoms with Crippen molar-refractivity contribution in [3.8, 4) is 0 Å². The molecule has 0 bridgehead atoms. The number of anilines is 1. The van der Waals surface area contributed by atoms with Crippen molar-refractivity contribution < 1.29 is 0 Å². The molecule has 0 fully saturated rings. The number of benzene rings is 1. The molecule has 3 rings (SSSR count). The Morgan fingerprint density at radius 1 is 1.05 bits per heavy atom. The van der Waals surface area contributed by atoms with E-state index in [-0.39, 0.29) is 6.04 Å². The summed E-state index contributed by atoms with van der Waals surface area (Å²) in [4.78, 5) is 2.70. The topological polar surface area (TPSA) is 12.0 Å². The minimum atomic E-state index is 0.249. The Morgan fingerprint density at radius 3 is 2.57 bits per heavy atom. The molecular weight excluding hydrogens is 386 g/mol. The minimum Gasteiger partial charge on any atom is -0.376 e. The van der Waals surface area contributed by atoms with Crippen LogP contribution in [0.5, 0.6) is 0 Å². The average Bonchev–Trinajstić information content (AvgIpc) is 3.16. The third kappa shape index (κ3) is 3.69. The summed E-state index contributed by atoms with van der Waals surface area (Å²) in [6.07, 6.45) is 0.969. The van der Waals surface area contributed by atoms with Gasteiger partial charge in [-0.2, -0.15) is 0 Å². The van der Waals surface area contributed by atoms with Gasteiger partial charge in [0.15, 0.2) is 0 Å². The first kappa shape index (κ1) is 15.1. The van der Waals surface area contributed by atoms with Crippen LogP contribution >= 0.6 is 50.2 Å². The van der Waals surface area contributed by atoms with Gasteiger partial charge in [-0.1, -0.05) is 29.8 Å². The number of thiophene rings is 2. The van der Waals surface area contributed by atoms with Crippen LogP contribution in [0.25, 0.3) is 0 Å². The van der Waals surface area contributed by atoms with Gasteiger partial charge in [-0.15, -0.1) is 22.7 Å². The minimum absolute atomic E-state index is 0.249. The molecule has 1 aromatic carbocycles. The van der Waals surface area contributed by atoms with Gasteiger partial charge in [0.1, 0.15) is 0 Å². The number of rotatable bonds is 5. The lowest BCUT2D eigenvalue weighted by Crippen LogP contribution is -2.12. The quantitative estimate of drug-likeness (QED) is 0.509. The molecule has 108 valence electrons. The highest BCUT2D eigenvalue weighted by molar-refractivity contribution is 9.10. The van der Waals surface area contributed by atoms with Crippen LogP contribution in [-0.4, -0.2) is 0 Å². The second kappa shape index (κ2) is 6.97. The molecule has 0 saturated heterocycles. The molecule has 2 aromatic heterocycles. The van der Waals surface area contributed by atoms with Crippen molar-refractivity contribution in [2.45, 2.75) is 12.5 Å². The Labute approximate surface area is 145 Å². The summed E-state index contributed by atoms with van der Waals surface area (Å²) in [5.74, 6) is 0. The molecule has 0 amide bonds. The molecule has 1 N–H and O–H groups in total. The van der Waals surface area contributed by atoms with E-state index >= 15 is 0 Å². The van der Waals surface area contributed by atoms with Crippen molar-refractivity contribution in [2.24, 2.45) is 0 Å². The van der Waals surface area contributed by atoms with Crippen LogP contribution in [0.4, 0.5) is 5.69 Å². The second-order valence-corrected chi connectivity index (χ2v) is 7.81. The maximum atomic E-state index is 6.18. The Bertz CT molecular complexity index is 695. The molecule has 0 aliphatic rings.